The molecule has 1 aromatic heterocycles. The monoisotopic (exact) mass is 549 g/mol. The highest BCUT2D eigenvalue weighted by atomic mass is 19.4. The van der Waals surface area contributed by atoms with Gasteiger partial charge >= 0.3 is 6.18 Å². The lowest BCUT2D eigenvalue weighted by Gasteiger charge is -2.38. The molecule has 2 heterocycles. The number of hydrogen-bond donors (Lipinski definition) is 1. The Labute approximate surface area is 226 Å². The lowest BCUT2D eigenvalue weighted by molar-refractivity contribution is -0.384. The van der Waals surface area contributed by atoms with E-state index in [1.807, 2.05) is 6.07 Å². The molecule has 12 heteroatoms. The number of alkyl halides is 3. The van der Waals surface area contributed by atoms with Crippen molar-refractivity contribution in [2.75, 3.05) is 11.4 Å². The number of nitrogens with one attached hydrogen (secondary N) is 1. The molecule has 4 aromatic rings. The SMILES string of the molecule is CCN1C(=O)[C@H](NC(=O)c2cccc(C(F)(F)F)c2)[C@@H](c2cccc([N+](=O)[O-])c2)c2cnn(-c3ccccc3)c21. The Bertz CT molecular complexity index is 1600. The molecule has 204 valence electrons. The van der Waals surface area contributed by atoms with Crippen LogP contribution in [0.3, 0.4) is 0 Å². The zero-order valence-corrected chi connectivity index (χ0v) is 21.0. The largest absolute Gasteiger partial charge is 0.416 e. The van der Waals surface area contributed by atoms with Gasteiger partial charge in [0.25, 0.3) is 17.5 Å². The number of benzene rings is 3. The summed E-state index contributed by atoms with van der Waals surface area (Å²) in [6.45, 7) is 1.94. The lowest BCUT2D eigenvalue weighted by Crippen LogP contribution is -2.55. The predicted molar refractivity (Wildman–Crippen MR) is 139 cm³/mol. The number of hydrogen-bond acceptors (Lipinski definition) is 5. The number of nitrogens with zero attached hydrogens (tertiary/aromatic N) is 4. The molecule has 5 rings (SSSR count). The van der Waals surface area contributed by atoms with E-state index in [1.165, 1.54) is 35.4 Å². The van der Waals surface area contributed by atoms with Crippen molar-refractivity contribution < 1.29 is 27.7 Å². The number of nitro groups is 1. The van der Waals surface area contributed by atoms with Crippen molar-refractivity contribution >= 4 is 23.3 Å². The number of rotatable bonds is 6. The summed E-state index contributed by atoms with van der Waals surface area (Å²) < 4.78 is 41.4. The normalized spacial score (nSPS) is 16.9. The van der Waals surface area contributed by atoms with Crippen LogP contribution >= 0.6 is 0 Å². The minimum Gasteiger partial charge on any atom is -0.339 e. The van der Waals surface area contributed by atoms with Gasteiger partial charge < -0.3 is 5.32 Å². The Morgan fingerprint density at radius 1 is 1.05 bits per heavy atom. The van der Waals surface area contributed by atoms with E-state index < -0.39 is 40.4 Å². The summed E-state index contributed by atoms with van der Waals surface area (Å²) in [5, 5.41) is 18.6. The van der Waals surface area contributed by atoms with E-state index in [-0.39, 0.29) is 17.8 Å². The second-order valence-electron chi connectivity index (χ2n) is 9.11. The number of carbonyl (C=O) groups is 2. The van der Waals surface area contributed by atoms with Crippen LogP contribution in [0.25, 0.3) is 5.69 Å². The van der Waals surface area contributed by atoms with Crippen LogP contribution in [0.15, 0.2) is 85.1 Å². The Morgan fingerprint density at radius 2 is 1.77 bits per heavy atom. The van der Waals surface area contributed by atoms with E-state index in [0.29, 0.717) is 28.7 Å². The summed E-state index contributed by atoms with van der Waals surface area (Å²) in [5.74, 6) is -1.92. The van der Waals surface area contributed by atoms with Crippen molar-refractivity contribution in [2.24, 2.45) is 0 Å². The maximum absolute atomic E-state index is 14.0. The minimum absolute atomic E-state index is 0.196. The first-order valence-electron chi connectivity index (χ1n) is 12.3. The zero-order valence-electron chi connectivity index (χ0n) is 21.0. The van der Waals surface area contributed by atoms with Crippen molar-refractivity contribution in [1.82, 2.24) is 15.1 Å². The fourth-order valence-corrected chi connectivity index (χ4v) is 4.91. The number of anilines is 1. The Kier molecular flexibility index (Phi) is 6.84. The second kappa shape index (κ2) is 10.3. The molecule has 1 N–H and O–H groups in total. The number of non-ortho nitro benzene ring substituents is 1. The fraction of sp³-hybridized carbons (Fsp3) is 0.179. The molecule has 0 spiro atoms. The number of fused-ring (bicyclic) bond motifs is 1. The van der Waals surface area contributed by atoms with E-state index in [0.717, 1.165) is 12.1 Å². The first kappa shape index (κ1) is 26.6. The first-order valence-corrected chi connectivity index (χ1v) is 12.3. The van der Waals surface area contributed by atoms with Gasteiger partial charge in [-0.3, -0.25) is 24.6 Å². The minimum atomic E-state index is -4.66. The number of halogens is 3. The van der Waals surface area contributed by atoms with E-state index in [1.54, 1.807) is 41.9 Å². The zero-order chi connectivity index (χ0) is 28.6. The molecule has 1 aliphatic heterocycles. The summed E-state index contributed by atoms with van der Waals surface area (Å²) in [7, 11) is 0. The van der Waals surface area contributed by atoms with E-state index in [2.05, 4.69) is 10.4 Å². The Hall–Kier alpha value is -5.00. The molecule has 1 aliphatic rings. The molecule has 9 nitrogen and oxygen atoms in total. The highest BCUT2D eigenvalue weighted by Crippen LogP contribution is 2.42. The van der Waals surface area contributed by atoms with Crippen molar-refractivity contribution in [3.63, 3.8) is 0 Å². The smallest absolute Gasteiger partial charge is 0.339 e. The maximum atomic E-state index is 14.0. The third-order valence-corrected chi connectivity index (χ3v) is 6.72. The predicted octanol–water partition coefficient (Wildman–Crippen LogP) is 5.10. The highest BCUT2D eigenvalue weighted by Gasteiger charge is 2.44. The summed E-state index contributed by atoms with van der Waals surface area (Å²) in [6, 6.07) is 17.3. The number of likely N-dealkylation sites (N-methyl/N-ethyl adjacent to an activating group) is 1. The van der Waals surface area contributed by atoms with Gasteiger partial charge in [0.1, 0.15) is 11.9 Å². The maximum Gasteiger partial charge on any atom is 0.416 e. The van der Waals surface area contributed by atoms with Crippen LogP contribution in [0.1, 0.15) is 39.9 Å². The van der Waals surface area contributed by atoms with Crippen LogP contribution < -0.4 is 10.2 Å². The van der Waals surface area contributed by atoms with Crippen LogP contribution in [-0.2, 0) is 11.0 Å². The topological polar surface area (TPSA) is 110 Å². The molecule has 0 fully saturated rings. The number of amides is 2. The van der Waals surface area contributed by atoms with Crippen LogP contribution in [0, 0.1) is 10.1 Å². The fourth-order valence-electron chi connectivity index (χ4n) is 4.91. The Morgan fingerprint density at radius 3 is 2.45 bits per heavy atom. The van der Waals surface area contributed by atoms with Gasteiger partial charge in [0, 0.05) is 35.7 Å². The van der Waals surface area contributed by atoms with Gasteiger partial charge in [-0.25, -0.2) is 4.68 Å². The van der Waals surface area contributed by atoms with Gasteiger partial charge in [-0.15, -0.1) is 0 Å². The van der Waals surface area contributed by atoms with E-state index in [9.17, 15) is 32.9 Å². The Balaban J connectivity index is 1.64. The second-order valence-corrected chi connectivity index (χ2v) is 9.11. The molecule has 0 bridgehead atoms. The van der Waals surface area contributed by atoms with Gasteiger partial charge in [0.15, 0.2) is 0 Å². The van der Waals surface area contributed by atoms with Gasteiger partial charge in [0.2, 0.25) is 0 Å². The van der Waals surface area contributed by atoms with Crippen LogP contribution in [0.5, 0.6) is 0 Å². The molecule has 0 aliphatic carbocycles. The third kappa shape index (κ3) is 4.79. The average Bonchev–Trinajstić information content (AvgIpc) is 3.38. The molecule has 2 atom stereocenters. The summed E-state index contributed by atoms with van der Waals surface area (Å²) in [5.41, 5.74) is 0.0323. The van der Waals surface area contributed by atoms with Crippen molar-refractivity contribution in [3.8, 4) is 5.69 Å². The molecule has 0 saturated carbocycles. The van der Waals surface area contributed by atoms with Crippen molar-refractivity contribution in [1.29, 1.82) is 0 Å². The summed E-state index contributed by atoms with van der Waals surface area (Å²) in [4.78, 5) is 39.6. The number of carbonyl (C=O) groups excluding carboxylic acids is 2. The standard InChI is InChI=1S/C28H22F3N5O4/c1-2-34-26-22(16-32-35(26)20-11-4-3-5-12-20)23(17-8-7-13-21(15-17)36(39)40)24(27(34)38)33-25(37)18-9-6-10-19(14-18)28(29,30)31/h3-16,23-24H,2H2,1H3,(H,33,37)/t23-,24+/m0/s1. The molecule has 2 amide bonds. The van der Waals surface area contributed by atoms with E-state index in [4.69, 9.17) is 0 Å². The van der Waals surface area contributed by atoms with Crippen LogP contribution in [0.2, 0.25) is 0 Å². The molecule has 0 radical (unpaired) electrons. The first-order chi connectivity index (χ1) is 19.1. The molecule has 3 aromatic carbocycles. The third-order valence-electron chi connectivity index (χ3n) is 6.72. The number of para-hydroxylation sites is 1. The van der Waals surface area contributed by atoms with Crippen LogP contribution in [0.4, 0.5) is 24.7 Å². The van der Waals surface area contributed by atoms with Gasteiger partial charge in [0.05, 0.1) is 22.4 Å². The highest BCUT2D eigenvalue weighted by molar-refractivity contribution is 6.05. The lowest BCUT2D eigenvalue weighted by atomic mass is 9.82. The van der Waals surface area contributed by atoms with Crippen LogP contribution in [-0.4, -0.2) is 39.1 Å². The van der Waals surface area contributed by atoms with Gasteiger partial charge in [-0.2, -0.15) is 18.3 Å². The average molecular weight is 550 g/mol. The van der Waals surface area contributed by atoms with Crippen molar-refractivity contribution in [2.45, 2.75) is 25.1 Å². The molecule has 0 saturated heterocycles. The quantitative estimate of drug-likeness (QED) is 0.266. The van der Waals surface area contributed by atoms with Gasteiger partial charge in [-0.05, 0) is 42.8 Å². The molecular weight excluding hydrogens is 527 g/mol. The summed E-state index contributed by atoms with van der Waals surface area (Å²) >= 11 is 0. The summed E-state index contributed by atoms with van der Waals surface area (Å²) in [6.07, 6.45) is -3.13. The van der Waals surface area contributed by atoms with Crippen molar-refractivity contribution in [3.05, 3.63) is 117 Å². The molecule has 40 heavy (non-hydrogen) atoms. The number of nitro benzene ring substituents is 1. The molecular formula is C28H22F3N5O4. The van der Waals surface area contributed by atoms with E-state index >= 15 is 0 Å². The van der Waals surface area contributed by atoms with Gasteiger partial charge in [-0.1, -0.05) is 36.4 Å². The number of aromatic nitrogens is 2. The molecule has 0 unspecified atom stereocenters.